The summed E-state index contributed by atoms with van der Waals surface area (Å²) in [6.45, 7) is 15.9. The molecule has 2 N–H and O–H groups in total. The van der Waals surface area contributed by atoms with Crippen molar-refractivity contribution < 1.29 is 8.42 Å². The Balaban J connectivity index is 2.05. The first-order chi connectivity index (χ1) is 12.8. The number of rotatable bonds is 4. The lowest BCUT2D eigenvalue weighted by atomic mass is 10.2. The van der Waals surface area contributed by atoms with Crippen LogP contribution in [0.4, 0.5) is 10.8 Å². The summed E-state index contributed by atoms with van der Waals surface area (Å²) in [5.74, 6) is 0.684. The highest BCUT2D eigenvalue weighted by molar-refractivity contribution is 7.89. The summed E-state index contributed by atoms with van der Waals surface area (Å²) in [5, 5.41) is 14.4. The average Bonchev–Trinajstić information content (AvgIpc) is 3.15. The molecule has 3 rings (SSSR count). The molecule has 0 bridgehead atoms. The molecular weight excluding hydrogens is 388 g/mol. The smallest absolute Gasteiger partial charge is 0.301 e. The van der Waals surface area contributed by atoms with Crippen LogP contribution in [-0.4, -0.2) is 22.3 Å². The van der Waals surface area contributed by atoms with Crippen molar-refractivity contribution in [2.24, 2.45) is 22.4 Å². The van der Waals surface area contributed by atoms with Crippen molar-refractivity contribution in [1.82, 2.24) is 13.9 Å². The fourth-order valence-electron chi connectivity index (χ4n) is 2.41. The van der Waals surface area contributed by atoms with Crippen LogP contribution in [0.25, 0.3) is 20.6 Å². The van der Waals surface area contributed by atoms with Gasteiger partial charge in [-0.2, -0.15) is 4.37 Å². The molecule has 27 heavy (non-hydrogen) atoms. The zero-order chi connectivity index (χ0) is 19.8. The van der Waals surface area contributed by atoms with Gasteiger partial charge in [0.2, 0.25) is 10.0 Å². The molecule has 2 aromatic heterocycles. The molecule has 0 saturated carbocycles. The number of sulfonamides is 1. The van der Waals surface area contributed by atoms with Gasteiger partial charge in [-0.3, -0.25) is 0 Å². The fourth-order valence-corrected chi connectivity index (χ4v) is 3.64. The lowest BCUT2D eigenvalue weighted by Gasteiger charge is -1.98. The number of benzene rings is 1. The number of imidazole rings is 1. The first-order valence-electron chi connectivity index (χ1n) is 7.36. The van der Waals surface area contributed by atoms with Crippen molar-refractivity contribution in [3.8, 4) is 0 Å². The maximum atomic E-state index is 11.5. The van der Waals surface area contributed by atoms with Crippen LogP contribution in [0.5, 0.6) is 0 Å². The van der Waals surface area contributed by atoms with E-state index in [0.717, 1.165) is 11.5 Å². The zero-order valence-electron chi connectivity index (χ0n) is 14.2. The van der Waals surface area contributed by atoms with Crippen LogP contribution >= 0.6 is 11.5 Å². The molecule has 0 amide bonds. The van der Waals surface area contributed by atoms with Crippen LogP contribution in [0.2, 0.25) is 0 Å². The van der Waals surface area contributed by atoms with Gasteiger partial charge in [0.1, 0.15) is 0 Å². The Morgan fingerprint density at radius 1 is 1.30 bits per heavy atom. The average molecular weight is 400 g/mol. The molecule has 136 valence electrons. The summed E-state index contributed by atoms with van der Waals surface area (Å²) in [6, 6.07) is 4.33. The van der Waals surface area contributed by atoms with Gasteiger partial charge in [0.25, 0.3) is 5.82 Å². The van der Waals surface area contributed by atoms with Crippen LogP contribution in [0.1, 0.15) is 17.7 Å². The summed E-state index contributed by atoms with van der Waals surface area (Å²) < 4.78 is 28.8. The number of nitrogens with two attached hydrogens (primary N) is 1. The minimum Gasteiger partial charge on any atom is -0.301 e. The topological polar surface area (TPSA) is 124 Å². The molecule has 0 fully saturated rings. The van der Waals surface area contributed by atoms with Crippen LogP contribution in [0.15, 0.2) is 33.3 Å². The molecule has 0 saturated heterocycles. The maximum Gasteiger partial charge on any atom is 0.535 e. The molecule has 0 radical (unpaired) electrons. The number of aromatic nitrogens is 3. The van der Waals surface area contributed by atoms with Crippen molar-refractivity contribution >= 4 is 43.3 Å². The quantitative estimate of drug-likeness (QED) is 0.533. The molecule has 3 aromatic rings. The Bertz CT molecular complexity index is 1240. The molecular formula is C15H12N8O2S2. The second kappa shape index (κ2) is 6.85. The van der Waals surface area contributed by atoms with Gasteiger partial charge < -0.3 is 4.57 Å². The van der Waals surface area contributed by atoms with Crippen LogP contribution in [-0.2, 0) is 17.1 Å². The van der Waals surface area contributed by atoms with E-state index in [-0.39, 0.29) is 10.7 Å². The first kappa shape index (κ1) is 18.6. The molecule has 0 unspecified atom stereocenters. The van der Waals surface area contributed by atoms with Crippen LogP contribution in [0, 0.1) is 20.1 Å². The van der Waals surface area contributed by atoms with Gasteiger partial charge in [-0.15, -0.1) is 10.2 Å². The number of primary sulfonamides is 1. The Kier molecular flexibility index (Phi) is 4.72. The summed E-state index contributed by atoms with van der Waals surface area (Å²) in [6.07, 6.45) is -1.04. The summed E-state index contributed by atoms with van der Waals surface area (Å²) in [5.41, 5.74) is 1.09. The van der Waals surface area contributed by atoms with Gasteiger partial charge in [-0.05, 0) is 36.7 Å². The maximum absolute atomic E-state index is 11.5. The molecule has 0 aliphatic carbocycles. The number of azo groups is 1. The summed E-state index contributed by atoms with van der Waals surface area (Å²) in [7, 11) is -2.20. The summed E-state index contributed by atoms with van der Waals surface area (Å²) >= 11 is 1.06. The van der Waals surface area contributed by atoms with Gasteiger partial charge >= 0.3 is 6.17 Å². The Morgan fingerprint density at radius 3 is 2.63 bits per heavy atom. The monoisotopic (exact) mass is 400 g/mol. The third-order valence-corrected chi connectivity index (χ3v) is 5.41. The van der Waals surface area contributed by atoms with Gasteiger partial charge in [-0.1, -0.05) is 0 Å². The molecule has 1 aromatic carbocycles. The number of hydrogen-bond acceptors (Lipinski definition) is 7. The van der Waals surface area contributed by atoms with Gasteiger partial charge in [0.15, 0.2) is 10.8 Å². The molecule has 0 atom stereocenters. The standard InChI is InChI=1S/C15H12N8O2S2/c1-8-13(23(4)14(19-8)12(17-2)18-3)20-21-15-10-7-9(27(16,24)25)5-6-11(10)22-26-15/h5-7,12H,1,4H3,(H2,16,24,25)/b21-20+. The van der Waals surface area contributed by atoms with Crippen molar-refractivity contribution in [2.45, 2.75) is 18.0 Å². The van der Waals surface area contributed by atoms with E-state index in [0.29, 0.717) is 27.4 Å². The third kappa shape index (κ3) is 3.41. The predicted octanol–water partition coefficient (Wildman–Crippen LogP) is 3.24. The minimum atomic E-state index is -3.85. The summed E-state index contributed by atoms with van der Waals surface area (Å²) in [4.78, 5) is 10.7. The number of nitrogens with zero attached hydrogens (tertiary/aromatic N) is 7. The second-order valence-electron chi connectivity index (χ2n) is 5.48. The molecule has 0 aliphatic heterocycles. The fraction of sp³-hybridized carbons (Fsp3) is 0.200. The first-order valence-corrected chi connectivity index (χ1v) is 9.68. The van der Waals surface area contributed by atoms with Gasteiger partial charge in [-0.25, -0.2) is 41.4 Å². The number of hydrogen-bond donors (Lipinski definition) is 1. The van der Waals surface area contributed by atoms with Gasteiger partial charge in [0.05, 0.1) is 16.1 Å². The normalized spacial score (nSPS) is 11.9. The van der Waals surface area contributed by atoms with Crippen molar-refractivity contribution in [3.63, 3.8) is 0 Å². The van der Waals surface area contributed by atoms with E-state index in [2.05, 4.69) is 29.3 Å². The van der Waals surface area contributed by atoms with Crippen molar-refractivity contribution in [1.29, 1.82) is 0 Å². The highest BCUT2D eigenvalue weighted by Crippen LogP contribution is 2.34. The van der Waals surface area contributed by atoms with E-state index in [1.54, 1.807) is 24.6 Å². The number of fused-ring (bicyclic) bond motifs is 1. The van der Waals surface area contributed by atoms with E-state index in [9.17, 15) is 8.42 Å². The molecule has 0 aliphatic rings. The second-order valence-corrected chi connectivity index (χ2v) is 7.79. The van der Waals surface area contributed by atoms with E-state index >= 15 is 0 Å². The van der Waals surface area contributed by atoms with Gasteiger partial charge in [0, 0.05) is 12.4 Å². The van der Waals surface area contributed by atoms with E-state index in [1.807, 2.05) is 0 Å². The van der Waals surface area contributed by atoms with Crippen LogP contribution < -0.4 is 5.14 Å². The van der Waals surface area contributed by atoms with E-state index < -0.39 is 16.2 Å². The molecule has 10 nitrogen and oxygen atoms in total. The lowest BCUT2D eigenvalue weighted by Crippen LogP contribution is -2.11. The molecule has 2 heterocycles. The van der Waals surface area contributed by atoms with Crippen molar-refractivity contribution in [2.75, 3.05) is 0 Å². The molecule has 0 spiro atoms. The van der Waals surface area contributed by atoms with Crippen LogP contribution in [0.3, 0.4) is 0 Å². The minimum absolute atomic E-state index is 0.0393. The number of aryl methyl sites for hydroxylation is 1. The highest BCUT2D eigenvalue weighted by atomic mass is 32.2. The highest BCUT2D eigenvalue weighted by Gasteiger charge is 2.28. The zero-order valence-corrected chi connectivity index (χ0v) is 15.8. The molecule has 12 heteroatoms. The Labute approximate surface area is 158 Å². The lowest BCUT2D eigenvalue weighted by molar-refractivity contribution is 0.598. The largest absolute Gasteiger partial charge is 0.535 e. The van der Waals surface area contributed by atoms with Crippen molar-refractivity contribution in [3.05, 3.63) is 52.6 Å². The Morgan fingerprint density at radius 2 is 2.00 bits per heavy atom. The Hall–Kier alpha value is -3.19. The SMILES string of the molecule is [C-]#[N+]C([N+]#[C-])c1nc(C)c(/N=N/c2snc3ccc(S(N)(=O)=O)cc23)n1C. The van der Waals surface area contributed by atoms with E-state index in [1.165, 1.54) is 12.1 Å². The third-order valence-electron chi connectivity index (χ3n) is 3.74. The predicted molar refractivity (Wildman–Crippen MR) is 99.1 cm³/mol. The van der Waals surface area contributed by atoms with E-state index in [4.69, 9.17) is 18.3 Å².